The third kappa shape index (κ3) is 4.45. The summed E-state index contributed by atoms with van der Waals surface area (Å²) in [5, 5.41) is 18.7. The van der Waals surface area contributed by atoms with Gasteiger partial charge in [-0.15, -0.1) is 5.10 Å². The number of rotatable bonds is 6. The number of para-hydroxylation sites is 1. The number of aromatic nitrogens is 3. The maximum atomic E-state index is 12.9. The van der Waals surface area contributed by atoms with Crippen molar-refractivity contribution in [2.45, 2.75) is 26.5 Å². The summed E-state index contributed by atoms with van der Waals surface area (Å²) in [6.07, 6.45) is 0.773. The molecule has 1 atom stereocenters. The molecule has 2 heterocycles. The molecule has 1 N–H and O–H groups in total. The van der Waals surface area contributed by atoms with Crippen LogP contribution in [0.25, 0.3) is 0 Å². The van der Waals surface area contributed by atoms with Crippen molar-refractivity contribution >= 4 is 11.6 Å². The van der Waals surface area contributed by atoms with Gasteiger partial charge in [0.15, 0.2) is 5.69 Å². The van der Waals surface area contributed by atoms with Crippen LogP contribution in [-0.2, 0) is 6.54 Å². The minimum absolute atomic E-state index is 0.136. The Bertz CT molecular complexity index is 1090. The average molecular weight is 436 g/mol. The van der Waals surface area contributed by atoms with E-state index in [1.54, 1.807) is 19.4 Å². The number of hydrogen-bond donors (Lipinski definition) is 1. The number of aliphatic hydroxyl groups is 1. The number of aryl methyl sites for hydroxylation is 1. The highest BCUT2D eigenvalue weighted by Crippen LogP contribution is 2.26. The summed E-state index contributed by atoms with van der Waals surface area (Å²) in [6, 6.07) is 13.6. The standard InChI is InChI=1S/C24H29N5O3/c1-17-7-6-9-21(18(17)2)27-11-13-28(14-12-27)24(31)20-15-29(26-25-20)16-22(30)19-8-4-5-10-23(19)32-3/h4-10,15,22,30H,11-14,16H2,1-3H3/t22-/m1/s1. The van der Waals surface area contributed by atoms with E-state index < -0.39 is 6.10 Å². The van der Waals surface area contributed by atoms with Gasteiger partial charge in [0.1, 0.15) is 11.9 Å². The molecule has 1 amide bonds. The van der Waals surface area contributed by atoms with Crippen LogP contribution < -0.4 is 9.64 Å². The lowest BCUT2D eigenvalue weighted by molar-refractivity contribution is 0.0740. The molecule has 8 heteroatoms. The first-order valence-corrected chi connectivity index (χ1v) is 10.8. The lowest BCUT2D eigenvalue weighted by Crippen LogP contribution is -2.49. The molecular formula is C24H29N5O3. The van der Waals surface area contributed by atoms with Crippen LogP contribution in [0.5, 0.6) is 5.75 Å². The van der Waals surface area contributed by atoms with Gasteiger partial charge < -0.3 is 19.6 Å². The fourth-order valence-corrected chi connectivity index (χ4v) is 4.09. The van der Waals surface area contributed by atoms with E-state index >= 15 is 0 Å². The molecule has 8 nitrogen and oxygen atoms in total. The van der Waals surface area contributed by atoms with Crippen molar-refractivity contribution in [2.24, 2.45) is 0 Å². The second-order valence-electron chi connectivity index (χ2n) is 8.08. The van der Waals surface area contributed by atoms with Crippen molar-refractivity contribution < 1.29 is 14.6 Å². The molecule has 0 bridgehead atoms. The van der Waals surface area contributed by atoms with E-state index in [4.69, 9.17) is 4.74 Å². The van der Waals surface area contributed by atoms with E-state index in [-0.39, 0.29) is 18.1 Å². The molecule has 1 aromatic heterocycles. The van der Waals surface area contributed by atoms with Crippen LogP contribution in [0.2, 0.25) is 0 Å². The summed E-state index contributed by atoms with van der Waals surface area (Å²) in [7, 11) is 1.57. The van der Waals surface area contributed by atoms with Gasteiger partial charge >= 0.3 is 0 Å². The van der Waals surface area contributed by atoms with Gasteiger partial charge in [-0.2, -0.15) is 0 Å². The smallest absolute Gasteiger partial charge is 0.276 e. The molecule has 0 unspecified atom stereocenters. The highest BCUT2D eigenvalue weighted by molar-refractivity contribution is 5.92. The van der Waals surface area contributed by atoms with Crippen LogP contribution in [0.4, 0.5) is 5.69 Å². The lowest BCUT2D eigenvalue weighted by atomic mass is 10.1. The Labute approximate surface area is 188 Å². The molecule has 0 spiro atoms. The topological polar surface area (TPSA) is 83.7 Å². The third-order valence-electron chi connectivity index (χ3n) is 6.10. The average Bonchev–Trinajstić information content (AvgIpc) is 3.29. The van der Waals surface area contributed by atoms with E-state index in [0.717, 1.165) is 13.1 Å². The molecule has 1 saturated heterocycles. The van der Waals surface area contributed by atoms with Gasteiger partial charge in [0.2, 0.25) is 0 Å². The summed E-state index contributed by atoms with van der Waals surface area (Å²) in [5.74, 6) is 0.474. The monoisotopic (exact) mass is 435 g/mol. The fourth-order valence-electron chi connectivity index (χ4n) is 4.09. The fraction of sp³-hybridized carbons (Fsp3) is 0.375. The van der Waals surface area contributed by atoms with Crippen molar-refractivity contribution in [3.8, 4) is 5.75 Å². The Morgan fingerprint density at radius 3 is 2.59 bits per heavy atom. The van der Waals surface area contributed by atoms with Gasteiger partial charge in [-0.3, -0.25) is 4.79 Å². The first kappa shape index (κ1) is 21.8. The minimum Gasteiger partial charge on any atom is -0.496 e. The lowest BCUT2D eigenvalue weighted by Gasteiger charge is -2.36. The number of benzene rings is 2. The zero-order valence-corrected chi connectivity index (χ0v) is 18.7. The Hall–Kier alpha value is -3.39. The number of carbonyl (C=O) groups is 1. The van der Waals surface area contributed by atoms with Crippen LogP contribution in [0.15, 0.2) is 48.7 Å². The molecule has 1 aliphatic heterocycles. The second kappa shape index (κ2) is 9.40. The van der Waals surface area contributed by atoms with Gasteiger partial charge in [0.25, 0.3) is 5.91 Å². The predicted octanol–water partition coefficient (Wildman–Crippen LogP) is 2.60. The van der Waals surface area contributed by atoms with Gasteiger partial charge in [0, 0.05) is 37.4 Å². The first-order valence-electron chi connectivity index (χ1n) is 10.8. The van der Waals surface area contributed by atoms with Gasteiger partial charge in [-0.05, 0) is 37.1 Å². The summed E-state index contributed by atoms with van der Waals surface area (Å²) < 4.78 is 6.81. The minimum atomic E-state index is -0.822. The van der Waals surface area contributed by atoms with E-state index in [1.807, 2.05) is 23.1 Å². The van der Waals surface area contributed by atoms with Crippen LogP contribution >= 0.6 is 0 Å². The summed E-state index contributed by atoms with van der Waals surface area (Å²) >= 11 is 0. The van der Waals surface area contributed by atoms with Crippen LogP contribution in [0.3, 0.4) is 0 Å². The molecular weight excluding hydrogens is 406 g/mol. The zero-order chi connectivity index (χ0) is 22.7. The van der Waals surface area contributed by atoms with Crippen LogP contribution in [0, 0.1) is 13.8 Å². The highest BCUT2D eigenvalue weighted by Gasteiger charge is 2.25. The SMILES string of the molecule is COc1ccccc1[C@H](O)Cn1cc(C(=O)N2CCN(c3cccc(C)c3C)CC2)nn1. The first-order chi connectivity index (χ1) is 15.5. The van der Waals surface area contributed by atoms with Crippen LogP contribution in [0.1, 0.15) is 33.3 Å². The molecule has 0 aliphatic carbocycles. The molecule has 32 heavy (non-hydrogen) atoms. The predicted molar refractivity (Wildman–Crippen MR) is 122 cm³/mol. The van der Waals surface area contributed by atoms with Gasteiger partial charge in [0.05, 0.1) is 19.9 Å². The number of methoxy groups -OCH3 is 1. The molecule has 3 aromatic rings. The molecule has 0 radical (unpaired) electrons. The number of nitrogens with zero attached hydrogens (tertiary/aromatic N) is 5. The zero-order valence-electron chi connectivity index (χ0n) is 18.7. The molecule has 2 aromatic carbocycles. The molecule has 168 valence electrons. The maximum Gasteiger partial charge on any atom is 0.276 e. The van der Waals surface area contributed by atoms with Crippen molar-refractivity contribution in [1.82, 2.24) is 19.9 Å². The van der Waals surface area contributed by atoms with Crippen molar-refractivity contribution in [1.29, 1.82) is 0 Å². The third-order valence-corrected chi connectivity index (χ3v) is 6.10. The molecule has 1 fully saturated rings. The largest absolute Gasteiger partial charge is 0.496 e. The van der Waals surface area contributed by atoms with E-state index in [9.17, 15) is 9.90 Å². The van der Waals surface area contributed by atoms with Gasteiger partial charge in [-0.1, -0.05) is 35.5 Å². The number of amides is 1. The Balaban J connectivity index is 1.37. The van der Waals surface area contributed by atoms with E-state index in [0.29, 0.717) is 24.4 Å². The maximum absolute atomic E-state index is 12.9. The quantitative estimate of drug-likeness (QED) is 0.641. The number of hydrogen-bond acceptors (Lipinski definition) is 6. The second-order valence-corrected chi connectivity index (χ2v) is 8.08. The number of ether oxygens (including phenoxy) is 1. The van der Waals surface area contributed by atoms with E-state index in [1.165, 1.54) is 21.5 Å². The summed E-state index contributed by atoms with van der Waals surface area (Å²) in [4.78, 5) is 17.1. The highest BCUT2D eigenvalue weighted by atomic mass is 16.5. The number of anilines is 1. The van der Waals surface area contributed by atoms with Gasteiger partial charge in [-0.25, -0.2) is 4.68 Å². The molecule has 4 rings (SSSR count). The normalized spacial score (nSPS) is 15.0. The summed E-state index contributed by atoms with van der Waals surface area (Å²) in [6.45, 7) is 7.24. The molecule has 0 saturated carbocycles. The van der Waals surface area contributed by atoms with Crippen molar-refractivity contribution in [3.05, 3.63) is 71.0 Å². The van der Waals surface area contributed by atoms with Crippen LogP contribution in [-0.4, -0.2) is 64.2 Å². The number of piperazine rings is 1. The Morgan fingerprint density at radius 1 is 1.09 bits per heavy atom. The van der Waals surface area contributed by atoms with Crippen molar-refractivity contribution in [3.63, 3.8) is 0 Å². The Kier molecular flexibility index (Phi) is 6.41. The summed E-state index contributed by atoms with van der Waals surface area (Å²) in [5.41, 5.74) is 4.74. The van der Waals surface area contributed by atoms with E-state index in [2.05, 4.69) is 47.3 Å². The Morgan fingerprint density at radius 2 is 1.84 bits per heavy atom. The number of aliphatic hydroxyl groups excluding tert-OH is 1. The van der Waals surface area contributed by atoms with Crippen molar-refractivity contribution in [2.75, 3.05) is 38.2 Å². The number of carbonyl (C=O) groups excluding carboxylic acids is 1. The molecule has 1 aliphatic rings.